The molecular formula is C17H22O6S. The summed E-state index contributed by atoms with van der Waals surface area (Å²) in [5, 5.41) is 10.4. The summed E-state index contributed by atoms with van der Waals surface area (Å²) in [6.07, 6.45) is 6.09. The number of hydrogen-bond acceptors (Lipinski definition) is 5. The van der Waals surface area contributed by atoms with Gasteiger partial charge < -0.3 is 9.84 Å². The van der Waals surface area contributed by atoms with E-state index in [9.17, 15) is 18.3 Å². The Morgan fingerprint density at radius 1 is 1.17 bits per heavy atom. The topological polar surface area (TPSA) is 101 Å². The van der Waals surface area contributed by atoms with Crippen LogP contribution in [0.2, 0.25) is 0 Å². The van der Waals surface area contributed by atoms with Crippen LogP contribution in [-0.4, -0.2) is 29.6 Å². The van der Waals surface area contributed by atoms with Crippen molar-refractivity contribution in [1.29, 1.82) is 0 Å². The second kappa shape index (κ2) is 6.46. The maximum atomic E-state index is 12.1. The third-order valence-electron chi connectivity index (χ3n) is 5.11. The van der Waals surface area contributed by atoms with Crippen molar-refractivity contribution in [2.75, 3.05) is 0 Å². The Hall–Kier alpha value is -1.44. The minimum absolute atomic E-state index is 0.166. The van der Waals surface area contributed by atoms with Crippen molar-refractivity contribution < 1.29 is 27.6 Å². The minimum atomic E-state index is -4.25. The molecular weight excluding hydrogens is 332 g/mol. The number of carbonyl (C=O) groups excluding carboxylic acids is 1. The molecule has 0 bridgehead atoms. The van der Waals surface area contributed by atoms with E-state index in [1.165, 1.54) is 24.3 Å². The van der Waals surface area contributed by atoms with E-state index >= 15 is 0 Å². The average Bonchev–Trinajstić information content (AvgIpc) is 2.89. The van der Waals surface area contributed by atoms with Crippen molar-refractivity contribution in [3.8, 4) is 5.75 Å². The fraction of sp³-hybridized carbons (Fsp3) is 0.588. The number of hydrogen-bond donors (Lipinski definition) is 2. The fourth-order valence-corrected chi connectivity index (χ4v) is 4.23. The van der Waals surface area contributed by atoms with E-state index in [1.54, 1.807) is 0 Å². The third-order valence-corrected chi connectivity index (χ3v) is 5.98. The molecule has 0 aromatic heterocycles. The van der Waals surface area contributed by atoms with Gasteiger partial charge in [0.05, 0.1) is 16.4 Å². The molecule has 0 aliphatic heterocycles. The van der Waals surface area contributed by atoms with Crippen molar-refractivity contribution in [3.63, 3.8) is 0 Å². The van der Waals surface area contributed by atoms with Crippen molar-refractivity contribution in [3.05, 3.63) is 24.3 Å². The Morgan fingerprint density at radius 3 is 2.29 bits per heavy atom. The second-order valence-corrected chi connectivity index (χ2v) is 8.46. The molecule has 132 valence electrons. The van der Waals surface area contributed by atoms with Gasteiger partial charge >= 0.3 is 5.97 Å². The molecule has 2 fully saturated rings. The van der Waals surface area contributed by atoms with Crippen molar-refractivity contribution in [2.45, 2.75) is 55.4 Å². The Labute approximate surface area is 141 Å². The van der Waals surface area contributed by atoms with Crippen LogP contribution < -0.4 is 4.74 Å². The first kappa shape index (κ1) is 17.4. The highest BCUT2D eigenvalue weighted by atomic mass is 32.2. The molecule has 2 saturated carbocycles. The van der Waals surface area contributed by atoms with Gasteiger partial charge in [-0.1, -0.05) is 12.8 Å². The van der Waals surface area contributed by atoms with Crippen molar-refractivity contribution >= 4 is 16.1 Å². The Bertz CT molecular complexity index is 697. The Morgan fingerprint density at radius 2 is 1.75 bits per heavy atom. The summed E-state index contributed by atoms with van der Waals surface area (Å²) in [5.74, 6) is 0.128. The normalized spacial score (nSPS) is 25.9. The van der Waals surface area contributed by atoms with E-state index in [2.05, 4.69) is 0 Å². The van der Waals surface area contributed by atoms with Gasteiger partial charge in [0.2, 0.25) is 0 Å². The van der Waals surface area contributed by atoms with Crippen LogP contribution in [0.1, 0.15) is 44.9 Å². The molecule has 1 aromatic rings. The maximum absolute atomic E-state index is 12.1. The highest BCUT2D eigenvalue weighted by Gasteiger charge is 2.41. The molecule has 6 nitrogen and oxygen atoms in total. The van der Waals surface area contributed by atoms with Gasteiger partial charge in [0, 0.05) is 0 Å². The highest BCUT2D eigenvalue weighted by Crippen LogP contribution is 2.44. The molecule has 0 heterocycles. The molecule has 0 saturated heterocycles. The van der Waals surface area contributed by atoms with E-state index in [0.29, 0.717) is 5.92 Å². The van der Waals surface area contributed by atoms with Crippen LogP contribution in [-0.2, 0) is 14.9 Å². The summed E-state index contributed by atoms with van der Waals surface area (Å²) in [6, 6.07) is 5.07. The zero-order valence-electron chi connectivity index (χ0n) is 13.3. The predicted molar refractivity (Wildman–Crippen MR) is 86.1 cm³/mol. The SMILES string of the molecule is O=C(Oc1ccc(S(=O)(=O)O)cc1)C1CC(CC2(O)CCCC2)C1. The number of esters is 1. The van der Waals surface area contributed by atoms with Gasteiger partial charge in [-0.15, -0.1) is 0 Å². The van der Waals surface area contributed by atoms with E-state index in [4.69, 9.17) is 9.29 Å². The third kappa shape index (κ3) is 3.96. The molecule has 0 amide bonds. The maximum Gasteiger partial charge on any atom is 0.314 e. The first-order valence-electron chi connectivity index (χ1n) is 8.27. The van der Waals surface area contributed by atoms with Crippen molar-refractivity contribution in [1.82, 2.24) is 0 Å². The molecule has 24 heavy (non-hydrogen) atoms. The largest absolute Gasteiger partial charge is 0.426 e. The zero-order chi connectivity index (χ0) is 17.4. The molecule has 0 unspecified atom stereocenters. The molecule has 1 aromatic carbocycles. The van der Waals surface area contributed by atoms with Crippen molar-refractivity contribution in [2.24, 2.45) is 11.8 Å². The van der Waals surface area contributed by atoms with Gasteiger partial charge in [0.1, 0.15) is 5.75 Å². The predicted octanol–water partition coefficient (Wildman–Crippen LogP) is 2.56. The van der Waals surface area contributed by atoms with Gasteiger partial charge in [-0.05, 0) is 62.3 Å². The van der Waals surface area contributed by atoms with Gasteiger partial charge in [0.15, 0.2) is 0 Å². The minimum Gasteiger partial charge on any atom is -0.426 e. The van der Waals surface area contributed by atoms with E-state index < -0.39 is 15.7 Å². The van der Waals surface area contributed by atoms with E-state index in [1.807, 2.05) is 0 Å². The van der Waals surface area contributed by atoms with Gasteiger partial charge in [0.25, 0.3) is 10.1 Å². The molecule has 3 rings (SSSR count). The molecule has 7 heteroatoms. The van der Waals surface area contributed by atoms with Crippen LogP contribution in [0.15, 0.2) is 29.2 Å². The van der Waals surface area contributed by atoms with E-state index in [-0.39, 0.29) is 22.5 Å². The average molecular weight is 354 g/mol. The monoisotopic (exact) mass is 354 g/mol. The van der Waals surface area contributed by atoms with Crippen LogP contribution in [0.25, 0.3) is 0 Å². The molecule has 2 N–H and O–H groups in total. The molecule has 0 radical (unpaired) electrons. The summed E-state index contributed by atoms with van der Waals surface area (Å²) < 4.78 is 36.1. The quantitative estimate of drug-likeness (QED) is 0.479. The number of ether oxygens (including phenoxy) is 1. The fourth-order valence-electron chi connectivity index (χ4n) is 3.75. The Kier molecular flexibility index (Phi) is 4.68. The number of rotatable bonds is 5. The lowest BCUT2D eigenvalue weighted by molar-refractivity contribution is -0.144. The van der Waals surface area contributed by atoms with Crippen LogP contribution in [0, 0.1) is 11.8 Å². The molecule has 2 aliphatic rings. The van der Waals surface area contributed by atoms with Crippen LogP contribution in [0.3, 0.4) is 0 Å². The number of aliphatic hydroxyl groups is 1. The standard InChI is InChI=1S/C17H22O6S/c18-16(23-14-3-5-15(6-4-14)24(20,21)22)13-9-12(10-13)11-17(19)7-1-2-8-17/h3-6,12-13,19H,1-2,7-11H2,(H,20,21,22). The lowest BCUT2D eigenvalue weighted by atomic mass is 9.70. The summed E-state index contributed by atoms with van der Waals surface area (Å²) in [5.41, 5.74) is -0.537. The first-order valence-corrected chi connectivity index (χ1v) is 9.71. The second-order valence-electron chi connectivity index (χ2n) is 7.04. The van der Waals surface area contributed by atoms with Gasteiger partial charge in [-0.25, -0.2) is 0 Å². The lowest BCUT2D eigenvalue weighted by Gasteiger charge is -2.38. The molecule has 0 atom stereocenters. The summed E-state index contributed by atoms with van der Waals surface area (Å²) >= 11 is 0. The first-order chi connectivity index (χ1) is 11.3. The molecule has 2 aliphatic carbocycles. The summed E-state index contributed by atoms with van der Waals surface area (Å²) in [4.78, 5) is 11.8. The van der Waals surface area contributed by atoms with E-state index in [0.717, 1.165) is 44.9 Å². The van der Waals surface area contributed by atoms with Crippen LogP contribution in [0.5, 0.6) is 5.75 Å². The zero-order valence-corrected chi connectivity index (χ0v) is 14.2. The highest BCUT2D eigenvalue weighted by molar-refractivity contribution is 7.85. The van der Waals surface area contributed by atoms with Crippen LogP contribution >= 0.6 is 0 Å². The van der Waals surface area contributed by atoms with Gasteiger partial charge in [-0.3, -0.25) is 9.35 Å². The van der Waals surface area contributed by atoms with Gasteiger partial charge in [-0.2, -0.15) is 8.42 Å². The summed E-state index contributed by atoms with van der Waals surface area (Å²) in [7, 11) is -4.25. The molecule has 0 spiro atoms. The number of benzene rings is 1. The Balaban J connectivity index is 1.48. The smallest absolute Gasteiger partial charge is 0.314 e. The number of carbonyl (C=O) groups is 1. The van der Waals surface area contributed by atoms with Crippen LogP contribution in [0.4, 0.5) is 0 Å². The lowest BCUT2D eigenvalue weighted by Crippen LogP contribution is -2.38. The summed E-state index contributed by atoms with van der Waals surface area (Å²) in [6.45, 7) is 0.